The van der Waals surface area contributed by atoms with Gasteiger partial charge in [0.1, 0.15) is 11.5 Å². The lowest BCUT2D eigenvalue weighted by atomic mass is 10.1. The Morgan fingerprint density at radius 1 is 1.17 bits per heavy atom. The number of hydrogen-bond acceptors (Lipinski definition) is 6. The summed E-state index contributed by atoms with van der Waals surface area (Å²) in [6.07, 6.45) is 7.16. The van der Waals surface area contributed by atoms with Crippen molar-refractivity contribution in [3.8, 4) is 11.3 Å². The Labute approximate surface area is 202 Å². The average molecular weight is 474 g/mol. The molecule has 10 nitrogen and oxygen atoms in total. The first kappa shape index (κ1) is 23.7. The molecule has 3 aromatic rings. The molecule has 0 aliphatic carbocycles. The summed E-state index contributed by atoms with van der Waals surface area (Å²) in [4.78, 5) is 47.9. The van der Waals surface area contributed by atoms with Crippen molar-refractivity contribution in [2.24, 2.45) is 5.73 Å². The lowest BCUT2D eigenvalue weighted by molar-refractivity contribution is -0.127. The summed E-state index contributed by atoms with van der Waals surface area (Å²) < 4.78 is 1.18. The number of hydrogen-bond donors (Lipinski definition) is 3. The number of benzene rings is 1. The molecule has 1 aliphatic rings. The molecule has 1 aromatic carbocycles. The summed E-state index contributed by atoms with van der Waals surface area (Å²) in [5, 5.41) is 2.72. The van der Waals surface area contributed by atoms with Crippen LogP contribution in [0, 0.1) is 0 Å². The number of anilines is 1. The van der Waals surface area contributed by atoms with E-state index in [1.54, 1.807) is 65.7 Å². The fourth-order valence-electron chi connectivity index (χ4n) is 4.14. The molecule has 0 radical (unpaired) electrons. The number of carbonyl (C=O) groups excluding carboxylic acids is 3. The van der Waals surface area contributed by atoms with Crippen LogP contribution >= 0.6 is 0 Å². The summed E-state index contributed by atoms with van der Waals surface area (Å²) >= 11 is 0. The van der Waals surface area contributed by atoms with Crippen LogP contribution < -0.4 is 16.9 Å². The fourth-order valence-corrected chi connectivity index (χ4v) is 4.14. The highest BCUT2D eigenvalue weighted by Crippen LogP contribution is 2.34. The third kappa shape index (κ3) is 4.91. The monoisotopic (exact) mass is 473 g/mol. The van der Waals surface area contributed by atoms with Crippen LogP contribution in [0.4, 0.5) is 5.82 Å². The minimum Gasteiger partial charge on any atom is -0.364 e. The molecular weight excluding hydrogens is 446 g/mol. The number of aromatic nitrogens is 3. The van der Waals surface area contributed by atoms with Gasteiger partial charge in [-0.3, -0.25) is 14.4 Å². The van der Waals surface area contributed by atoms with E-state index in [2.05, 4.69) is 15.3 Å². The number of likely N-dealkylation sites (tertiary alicyclic amines) is 1. The molecule has 10 heteroatoms. The third-order valence-electron chi connectivity index (χ3n) is 5.83. The predicted octanol–water partition coefficient (Wildman–Crippen LogP) is 2.64. The molecule has 1 saturated heterocycles. The molecule has 2 aromatic heterocycles. The van der Waals surface area contributed by atoms with Gasteiger partial charge in [-0.25, -0.2) is 14.6 Å². The second kappa shape index (κ2) is 10.2. The Kier molecular flexibility index (Phi) is 6.91. The first-order valence-electron chi connectivity index (χ1n) is 11.4. The number of nitrogens with one attached hydrogen (secondary N) is 1. The Morgan fingerprint density at radius 2 is 1.94 bits per heavy atom. The first-order chi connectivity index (χ1) is 16.9. The van der Waals surface area contributed by atoms with E-state index in [0.29, 0.717) is 41.4 Å². The lowest BCUT2D eigenvalue weighted by Crippen LogP contribution is -2.33. The van der Waals surface area contributed by atoms with Gasteiger partial charge in [0.2, 0.25) is 5.91 Å². The molecule has 35 heavy (non-hydrogen) atoms. The lowest BCUT2D eigenvalue weighted by Gasteiger charge is -2.23. The molecule has 0 unspecified atom stereocenters. The van der Waals surface area contributed by atoms with Crippen molar-refractivity contribution in [1.29, 1.82) is 0 Å². The van der Waals surface area contributed by atoms with E-state index in [4.69, 9.17) is 11.6 Å². The van der Waals surface area contributed by atoms with Crippen molar-refractivity contribution in [1.82, 2.24) is 19.5 Å². The van der Waals surface area contributed by atoms with Crippen LogP contribution in [0.1, 0.15) is 58.9 Å². The van der Waals surface area contributed by atoms with E-state index < -0.39 is 5.91 Å². The van der Waals surface area contributed by atoms with Gasteiger partial charge in [-0.05, 0) is 49.6 Å². The number of imidazole rings is 1. The molecule has 1 aliphatic heterocycles. The topological polar surface area (TPSA) is 149 Å². The Morgan fingerprint density at radius 3 is 2.60 bits per heavy atom. The minimum atomic E-state index is -0.736. The summed E-state index contributed by atoms with van der Waals surface area (Å²) in [6, 6.07) is 11.4. The predicted molar refractivity (Wildman–Crippen MR) is 132 cm³/mol. The number of amides is 3. The summed E-state index contributed by atoms with van der Waals surface area (Å²) in [6.45, 7) is 2.53. The zero-order valence-corrected chi connectivity index (χ0v) is 19.3. The Bertz CT molecular complexity index is 1270. The van der Waals surface area contributed by atoms with Gasteiger partial charge in [-0.2, -0.15) is 0 Å². The van der Waals surface area contributed by atoms with Crippen molar-refractivity contribution < 1.29 is 14.4 Å². The maximum Gasteiger partial charge on any atom is 0.269 e. The summed E-state index contributed by atoms with van der Waals surface area (Å²) in [5.74, 6) is 5.92. The summed E-state index contributed by atoms with van der Waals surface area (Å²) in [5.41, 5.74) is 6.96. The van der Waals surface area contributed by atoms with Crippen LogP contribution in [0.3, 0.4) is 0 Å². The Hall–Kier alpha value is -4.47. The van der Waals surface area contributed by atoms with Crippen molar-refractivity contribution in [2.75, 3.05) is 17.7 Å². The van der Waals surface area contributed by atoms with E-state index in [1.807, 2.05) is 6.92 Å². The van der Waals surface area contributed by atoms with E-state index in [1.165, 1.54) is 4.68 Å². The van der Waals surface area contributed by atoms with Crippen molar-refractivity contribution in [3.63, 3.8) is 0 Å². The highest BCUT2D eigenvalue weighted by atomic mass is 16.2. The number of allylic oxidation sites excluding steroid dienone is 1. The van der Waals surface area contributed by atoms with E-state index in [9.17, 15) is 14.4 Å². The van der Waals surface area contributed by atoms with Crippen LogP contribution in [-0.4, -0.2) is 43.8 Å². The van der Waals surface area contributed by atoms with Crippen molar-refractivity contribution >= 4 is 23.5 Å². The zero-order valence-electron chi connectivity index (χ0n) is 19.3. The smallest absolute Gasteiger partial charge is 0.269 e. The maximum atomic E-state index is 12.7. The molecule has 0 bridgehead atoms. The first-order valence-corrected chi connectivity index (χ1v) is 11.4. The molecule has 0 saturated carbocycles. The largest absolute Gasteiger partial charge is 0.364 e. The fraction of sp³-hybridized carbons (Fsp3) is 0.240. The van der Waals surface area contributed by atoms with Gasteiger partial charge in [-0.1, -0.05) is 31.2 Å². The van der Waals surface area contributed by atoms with E-state index in [-0.39, 0.29) is 23.6 Å². The number of nitrogens with two attached hydrogens (primary N) is 2. The number of nitrogens with zero attached hydrogens (tertiary/aromatic N) is 4. The van der Waals surface area contributed by atoms with Gasteiger partial charge < -0.3 is 21.8 Å². The van der Waals surface area contributed by atoms with Crippen LogP contribution in [0.25, 0.3) is 11.3 Å². The van der Waals surface area contributed by atoms with Gasteiger partial charge in [0.25, 0.3) is 11.8 Å². The number of nitrogen functional groups attached to an aromatic ring is 1. The van der Waals surface area contributed by atoms with Gasteiger partial charge in [-0.15, -0.1) is 0 Å². The van der Waals surface area contributed by atoms with E-state index in [0.717, 1.165) is 12.8 Å². The number of primary amides is 1. The second-order valence-corrected chi connectivity index (χ2v) is 8.15. The van der Waals surface area contributed by atoms with Gasteiger partial charge in [0, 0.05) is 23.9 Å². The second-order valence-electron chi connectivity index (χ2n) is 8.15. The number of pyridine rings is 1. The van der Waals surface area contributed by atoms with Crippen LogP contribution in [-0.2, 0) is 4.79 Å². The average Bonchev–Trinajstić information content (AvgIpc) is 3.47. The molecular formula is C25H27N7O3. The quantitative estimate of drug-likeness (QED) is 0.355. The van der Waals surface area contributed by atoms with Crippen LogP contribution in [0.15, 0.2) is 60.8 Å². The maximum absolute atomic E-state index is 12.7. The molecule has 4 rings (SSSR count). The molecule has 1 atom stereocenters. The van der Waals surface area contributed by atoms with Crippen molar-refractivity contribution in [2.45, 2.75) is 32.2 Å². The number of carbonyl (C=O) groups is 3. The van der Waals surface area contributed by atoms with E-state index >= 15 is 0 Å². The standard InChI is InChI=1S/C25H27N7O3/c1-2-3-9-20(33)31-15-6-7-18(31)24-30-21(22(23(26)34)32(24)27)16-10-12-17(13-11-16)25(35)29-19-8-4-5-14-28-19/h3-5,8-14,18H,2,6-7,15,27H2,1H3,(H2,26,34)(H,28,29,35)/b9-3+/t18-/m0/s1. The highest BCUT2D eigenvalue weighted by molar-refractivity contribution is 6.04. The normalized spacial score (nSPS) is 15.5. The molecule has 3 amide bonds. The molecule has 5 N–H and O–H groups in total. The Balaban J connectivity index is 1.63. The van der Waals surface area contributed by atoms with Gasteiger partial charge in [0.05, 0.1) is 6.04 Å². The van der Waals surface area contributed by atoms with Gasteiger partial charge >= 0.3 is 0 Å². The minimum absolute atomic E-state index is 0.0362. The highest BCUT2D eigenvalue weighted by Gasteiger charge is 2.34. The third-order valence-corrected chi connectivity index (χ3v) is 5.83. The SMILES string of the molecule is CC/C=C/C(=O)N1CCC[C@H]1c1nc(-c2ccc(C(=O)Nc3ccccn3)cc2)c(C(N)=O)n1N. The molecule has 0 spiro atoms. The van der Waals surface area contributed by atoms with Crippen molar-refractivity contribution in [3.05, 3.63) is 77.9 Å². The molecule has 1 fully saturated rings. The molecule has 180 valence electrons. The molecule has 3 heterocycles. The zero-order chi connectivity index (χ0) is 24.9. The summed E-state index contributed by atoms with van der Waals surface area (Å²) in [7, 11) is 0. The number of rotatable bonds is 7. The van der Waals surface area contributed by atoms with Crippen LogP contribution in [0.2, 0.25) is 0 Å². The van der Waals surface area contributed by atoms with Crippen LogP contribution in [0.5, 0.6) is 0 Å². The van der Waals surface area contributed by atoms with Gasteiger partial charge in [0.15, 0.2) is 11.5 Å².